The quantitative estimate of drug-likeness (QED) is 0.155. The molecule has 0 fully saturated rings. The number of aromatic nitrogens is 3. The number of amides is 1. The van der Waals surface area contributed by atoms with Gasteiger partial charge in [-0.15, -0.1) is 10.2 Å². The van der Waals surface area contributed by atoms with Crippen molar-refractivity contribution in [1.29, 1.82) is 0 Å². The Kier molecular flexibility index (Phi) is 9.67. The number of methoxy groups -OCH3 is 2. The summed E-state index contributed by atoms with van der Waals surface area (Å²) in [5.74, 6) is 3.01. The van der Waals surface area contributed by atoms with Crippen molar-refractivity contribution in [3.05, 3.63) is 83.4 Å². The number of halogens is 1. The van der Waals surface area contributed by atoms with Crippen LogP contribution in [0.4, 0.5) is 0 Å². The molecular formula is C29H31ClN4O3S. The van der Waals surface area contributed by atoms with Crippen LogP contribution in [0.3, 0.4) is 0 Å². The monoisotopic (exact) mass is 550 g/mol. The van der Waals surface area contributed by atoms with E-state index in [0.29, 0.717) is 29.5 Å². The van der Waals surface area contributed by atoms with Crippen LogP contribution in [0.5, 0.6) is 11.5 Å². The van der Waals surface area contributed by atoms with Gasteiger partial charge in [0.05, 0.1) is 14.2 Å². The smallest absolute Gasteiger partial charge is 0.222 e. The van der Waals surface area contributed by atoms with Crippen LogP contribution in [0.1, 0.15) is 18.4 Å². The van der Waals surface area contributed by atoms with Crippen molar-refractivity contribution in [2.24, 2.45) is 0 Å². The molecule has 0 saturated heterocycles. The van der Waals surface area contributed by atoms with Crippen molar-refractivity contribution in [2.75, 3.05) is 33.6 Å². The summed E-state index contributed by atoms with van der Waals surface area (Å²) >= 11 is 7.68. The van der Waals surface area contributed by atoms with E-state index in [1.165, 1.54) is 0 Å². The van der Waals surface area contributed by atoms with E-state index in [0.717, 1.165) is 46.4 Å². The number of hydrogen-bond acceptors (Lipinski definition) is 6. The van der Waals surface area contributed by atoms with E-state index in [1.54, 1.807) is 30.9 Å². The fourth-order valence-corrected chi connectivity index (χ4v) is 5.01. The number of para-hydroxylation sites is 1. The van der Waals surface area contributed by atoms with Crippen LogP contribution in [0.25, 0.3) is 17.1 Å². The molecule has 0 unspecified atom stereocenters. The zero-order chi connectivity index (χ0) is 26.9. The number of nitrogens with zero attached hydrogens (tertiary/aromatic N) is 4. The van der Waals surface area contributed by atoms with Crippen molar-refractivity contribution in [3.63, 3.8) is 0 Å². The Bertz CT molecular complexity index is 1350. The molecule has 0 aliphatic rings. The maximum absolute atomic E-state index is 12.7. The zero-order valence-corrected chi connectivity index (χ0v) is 23.3. The van der Waals surface area contributed by atoms with Crippen LogP contribution in [-0.2, 0) is 11.2 Å². The van der Waals surface area contributed by atoms with Crippen molar-refractivity contribution < 1.29 is 14.3 Å². The lowest BCUT2D eigenvalue weighted by molar-refractivity contribution is -0.129. The standard InChI is InChI=1S/C29H31ClN4O3S/c1-33(18-17-21-11-16-25(36-2)26(20-21)37-3)27(35)10-7-19-38-29-32-31-28(22-12-14-23(30)15-13-22)34(29)24-8-5-4-6-9-24/h4-6,8-9,11-16,20H,7,10,17-19H2,1-3H3. The van der Waals surface area contributed by atoms with Gasteiger partial charge in [0, 0.05) is 42.0 Å². The molecule has 0 atom stereocenters. The number of carbonyl (C=O) groups excluding carboxylic acids is 1. The molecule has 0 aliphatic heterocycles. The number of carbonyl (C=O) groups is 1. The molecular weight excluding hydrogens is 520 g/mol. The molecule has 0 aliphatic carbocycles. The van der Waals surface area contributed by atoms with Crippen molar-refractivity contribution in [1.82, 2.24) is 19.7 Å². The third-order valence-corrected chi connectivity index (χ3v) is 7.39. The minimum atomic E-state index is 0.123. The molecule has 4 rings (SSSR count). The largest absolute Gasteiger partial charge is 0.493 e. The summed E-state index contributed by atoms with van der Waals surface area (Å²) in [5.41, 5.74) is 3.01. The number of benzene rings is 3. The molecule has 1 aromatic heterocycles. The van der Waals surface area contributed by atoms with Gasteiger partial charge in [0.15, 0.2) is 22.5 Å². The van der Waals surface area contributed by atoms with Gasteiger partial charge in [-0.05, 0) is 66.9 Å². The predicted octanol–water partition coefficient (Wildman–Crippen LogP) is 6.18. The van der Waals surface area contributed by atoms with E-state index >= 15 is 0 Å². The number of hydrogen-bond donors (Lipinski definition) is 0. The molecule has 0 saturated carbocycles. The summed E-state index contributed by atoms with van der Waals surface area (Å²) in [7, 11) is 5.09. The van der Waals surface area contributed by atoms with Crippen LogP contribution >= 0.6 is 23.4 Å². The van der Waals surface area contributed by atoms with E-state index in [1.807, 2.05) is 84.4 Å². The second-order valence-corrected chi connectivity index (χ2v) is 10.2. The second-order valence-electron chi connectivity index (χ2n) is 8.69. The van der Waals surface area contributed by atoms with Crippen LogP contribution in [0, 0.1) is 0 Å². The predicted molar refractivity (Wildman–Crippen MR) is 153 cm³/mol. The fraction of sp³-hybridized carbons (Fsp3) is 0.276. The molecule has 9 heteroatoms. The van der Waals surface area contributed by atoms with E-state index in [4.69, 9.17) is 21.1 Å². The lowest BCUT2D eigenvalue weighted by Gasteiger charge is -2.17. The third kappa shape index (κ3) is 6.88. The maximum atomic E-state index is 12.7. The Morgan fingerprint density at radius 2 is 1.71 bits per heavy atom. The highest BCUT2D eigenvalue weighted by Gasteiger charge is 2.17. The fourth-order valence-electron chi connectivity index (χ4n) is 3.99. The van der Waals surface area contributed by atoms with Gasteiger partial charge in [-0.2, -0.15) is 0 Å². The molecule has 7 nitrogen and oxygen atoms in total. The lowest BCUT2D eigenvalue weighted by Crippen LogP contribution is -2.28. The van der Waals surface area contributed by atoms with Crippen LogP contribution in [0.2, 0.25) is 5.02 Å². The molecule has 0 N–H and O–H groups in total. The molecule has 0 spiro atoms. The zero-order valence-electron chi connectivity index (χ0n) is 21.8. The first-order valence-electron chi connectivity index (χ1n) is 12.3. The number of thioether (sulfide) groups is 1. The summed E-state index contributed by atoms with van der Waals surface area (Å²) in [4.78, 5) is 14.5. The molecule has 4 aromatic rings. The topological polar surface area (TPSA) is 69.5 Å². The van der Waals surface area contributed by atoms with Gasteiger partial charge < -0.3 is 14.4 Å². The summed E-state index contributed by atoms with van der Waals surface area (Å²) in [6.07, 6.45) is 1.95. The average molecular weight is 551 g/mol. The molecule has 38 heavy (non-hydrogen) atoms. The van der Waals surface area contributed by atoms with Crippen molar-refractivity contribution in [2.45, 2.75) is 24.4 Å². The van der Waals surface area contributed by atoms with Crippen LogP contribution in [-0.4, -0.2) is 59.1 Å². The molecule has 198 valence electrons. The third-order valence-electron chi connectivity index (χ3n) is 6.13. The van der Waals surface area contributed by atoms with Gasteiger partial charge in [-0.1, -0.05) is 47.6 Å². The normalized spacial score (nSPS) is 10.8. The first kappa shape index (κ1) is 27.5. The molecule has 0 bridgehead atoms. The number of likely N-dealkylation sites (N-methyl/N-ethyl adjacent to an activating group) is 1. The highest BCUT2D eigenvalue weighted by molar-refractivity contribution is 7.99. The first-order valence-corrected chi connectivity index (χ1v) is 13.7. The number of ether oxygens (including phenoxy) is 2. The molecule has 1 amide bonds. The van der Waals surface area contributed by atoms with E-state index < -0.39 is 0 Å². The average Bonchev–Trinajstić information content (AvgIpc) is 3.38. The molecule has 3 aromatic carbocycles. The highest BCUT2D eigenvalue weighted by atomic mass is 35.5. The first-order chi connectivity index (χ1) is 18.5. The van der Waals surface area contributed by atoms with E-state index in [-0.39, 0.29) is 5.91 Å². The second kappa shape index (κ2) is 13.3. The SMILES string of the molecule is COc1ccc(CCN(C)C(=O)CCCSc2nnc(-c3ccc(Cl)cc3)n2-c2ccccc2)cc1OC. The molecule has 0 radical (unpaired) electrons. The Hall–Kier alpha value is -3.49. The highest BCUT2D eigenvalue weighted by Crippen LogP contribution is 2.30. The van der Waals surface area contributed by atoms with Gasteiger partial charge in [-0.3, -0.25) is 9.36 Å². The summed E-state index contributed by atoms with van der Waals surface area (Å²) < 4.78 is 12.7. The summed E-state index contributed by atoms with van der Waals surface area (Å²) in [6.45, 7) is 0.633. The maximum Gasteiger partial charge on any atom is 0.222 e. The van der Waals surface area contributed by atoms with Crippen molar-refractivity contribution in [3.8, 4) is 28.6 Å². The minimum absolute atomic E-state index is 0.123. The number of rotatable bonds is 12. The van der Waals surface area contributed by atoms with Crippen LogP contribution < -0.4 is 9.47 Å². The van der Waals surface area contributed by atoms with Gasteiger partial charge in [0.1, 0.15) is 0 Å². The van der Waals surface area contributed by atoms with Gasteiger partial charge >= 0.3 is 0 Å². The van der Waals surface area contributed by atoms with Gasteiger partial charge in [0.25, 0.3) is 0 Å². The van der Waals surface area contributed by atoms with E-state index in [9.17, 15) is 4.79 Å². The Morgan fingerprint density at radius 1 is 0.974 bits per heavy atom. The Balaban J connectivity index is 1.33. The van der Waals surface area contributed by atoms with Crippen LogP contribution in [0.15, 0.2) is 78.0 Å². The Morgan fingerprint density at radius 3 is 2.42 bits per heavy atom. The van der Waals surface area contributed by atoms with Gasteiger partial charge in [0.2, 0.25) is 5.91 Å². The minimum Gasteiger partial charge on any atom is -0.493 e. The van der Waals surface area contributed by atoms with E-state index in [2.05, 4.69) is 10.2 Å². The Labute approximate surface area is 232 Å². The van der Waals surface area contributed by atoms with Crippen molar-refractivity contribution >= 4 is 29.3 Å². The lowest BCUT2D eigenvalue weighted by atomic mass is 10.1. The van der Waals surface area contributed by atoms with Gasteiger partial charge in [-0.25, -0.2) is 0 Å². The summed E-state index contributed by atoms with van der Waals surface area (Å²) in [5, 5.41) is 10.4. The molecule has 1 heterocycles. The summed E-state index contributed by atoms with van der Waals surface area (Å²) in [6, 6.07) is 23.4.